The van der Waals surface area contributed by atoms with E-state index in [4.69, 9.17) is 12.3 Å². The minimum atomic E-state index is -4.43. The molecular weight excluding hydrogens is 370 g/mol. The van der Waals surface area contributed by atoms with Gasteiger partial charge in [0.15, 0.2) is 0 Å². The molecule has 22 heavy (non-hydrogen) atoms. The topological polar surface area (TPSA) is 47.9 Å². The summed E-state index contributed by atoms with van der Waals surface area (Å²) in [6.07, 6.45) is -11.2. The molecule has 4 nitrogen and oxygen atoms in total. The second kappa shape index (κ2) is 6.18. The Balaban J connectivity index is 2.84. The lowest BCUT2D eigenvalue weighted by Crippen LogP contribution is -2.67. The Morgan fingerprint density at radius 3 is 1.32 bits per heavy atom. The average Bonchev–Trinajstić information content (AvgIpc) is 2.19. The van der Waals surface area contributed by atoms with E-state index in [1.54, 1.807) is 0 Å². The van der Waals surface area contributed by atoms with E-state index in [0.29, 0.717) is 0 Å². The summed E-state index contributed by atoms with van der Waals surface area (Å²) in [5.74, 6) is 0. The van der Waals surface area contributed by atoms with Crippen molar-refractivity contribution in [1.29, 1.82) is 0 Å². The third kappa shape index (κ3) is 7.10. The summed E-state index contributed by atoms with van der Waals surface area (Å²) >= 11 is 0. The molecule has 132 valence electrons. The highest BCUT2D eigenvalue weighted by Crippen LogP contribution is 2.38. The number of hydrogen-bond acceptors (Lipinski definition) is 4. The van der Waals surface area contributed by atoms with E-state index in [0.717, 1.165) is 0 Å². The molecule has 0 aromatic carbocycles. The van der Waals surface area contributed by atoms with Crippen LogP contribution in [-0.4, -0.2) is 43.1 Å². The van der Waals surface area contributed by atoms with Gasteiger partial charge in [0.2, 0.25) is 0 Å². The van der Waals surface area contributed by atoms with E-state index in [2.05, 4.69) is 0 Å². The van der Waals surface area contributed by atoms with Gasteiger partial charge in [0.25, 0.3) is 0 Å². The molecule has 0 aromatic heterocycles. The van der Waals surface area contributed by atoms with Gasteiger partial charge >= 0.3 is 38.3 Å². The lowest BCUT2D eigenvalue weighted by atomic mass is 10.5. The molecule has 0 bridgehead atoms. The molecule has 0 spiro atoms. The van der Waals surface area contributed by atoms with Crippen molar-refractivity contribution in [2.75, 3.05) is 0 Å². The zero-order valence-electron chi connectivity index (χ0n) is 12.3. The maximum absolute atomic E-state index is 12.4. The van der Waals surface area contributed by atoms with Gasteiger partial charge in [-0.15, -0.1) is 0 Å². The lowest BCUT2D eigenvalue weighted by Gasteiger charge is -2.47. The smallest absolute Gasteiger partial charge is 0.415 e. The number of halogens is 6. The Labute approximate surface area is 127 Å². The maximum Gasteiger partial charge on any atom is 0.477 e. The summed E-state index contributed by atoms with van der Waals surface area (Å²) in [6, 6.07) is -0.977. The highest BCUT2D eigenvalue weighted by Gasteiger charge is 2.58. The van der Waals surface area contributed by atoms with Crippen LogP contribution in [0.2, 0.25) is 31.7 Å². The van der Waals surface area contributed by atoms with E-state index in [9.17, 15) is 31.1 Å². The van der Waals surface area contributed by atoms with Gasteiger partial charge in [-0.25, -0.2) is 0 Å². The van der Waals surface area contributed by atoms with Crippen LogP contribution in [0.5, 0.6) is 0 Å². The Hall–Kier alpha value is 0.0706. The van der Waals surface area contributed by atoms with Crippen molar-refractivity contribution in [3.05, 3.63) is 0 Å². The largest absolute Gasteiger partial charge is 0.477 e. The molecule has 0 saturated carbocycles. The van der Waals surface area contributed by atoms with Gasteiger partial charge < -0.3 is 17.1 Å². The predicted octanol–water partition coefficient (Wildman–Crippen LogP) is 3.66. The molecule has 0 radical (unpaired) electrons. The second-order valence-corrected chi connectivity index (χ2v) is 15.5. The fourth-order valence-corrected chi connectivity index (χ4v) is 17.1. The molecule has 1 aliphatic rings. The van der Waals surface area contributed by atoms with Gasteiger partial charge in [0, 0.05) is 19.4 Å². The first-order valence-electron chi connectivity index (χ1n) is 6.50. The van der Waals surface area contributed by atoms with E-state index in [1.807, 2.05) is 0 Å². The fraction of sp³-hybridized carbons (Fsp3) is 1.00. The van der Waals surface area contributed by atoms with E-state index >= 15 is 0 Å². The number of hydrogen-bond donors (Lipinski definition) is 1. The van der Waals surface area contributed by atoms with Crippen molar-refractivity contribution in [1.82, 2.24) is 0 Å². The summed E-state index contributed by atoms with van der Waals surface area (Å²) in [5.41, 5.74) is 0. The van der Waals surface area contributed by atoms with Crippen LogP contribution in [0.3, 0.4) is 0 Å². The van der Waals surface area contributed by atoms with Crippen molar-refractivity contribution in [3.8, 4) is 0 Å². The van der Waals surface area contributed by atoms with Gasteiger partial charge in [0.05, 0.1) is 0 Å². The SMILES string of the molecule is C[Si]1(O)O[Si](C)(CCC(F)(F)F)O[Si](C)(CCC(F)(F)F)O1. The Morgan fingerprint density at radius 2 is 1.05 bits per heavy atom. The quantitative estimate of drug-likeness (QED) is 0.590. The third-order valence-electron chi connectivity index (χ3n) is 2.97. The van der Waals surface area contributed by atoms with Gasteiger partial charge in [-0.05, 0) is 25.2 Å². The summed E-state index contributed by atoms with van der Waals surface area (Å²) in [5, 5.41) is 0. The standard InChI is InChI=1S/C9H18F6O4Si3/c1-20(6-4-8(10,11)12)17-21(2,7-5-9(13,14)15)19-22(3,16)18-20/h16H,4-7H2,1-3H3. The summed E-state index contributed by atoms with van der Waals surface area (Å²) in [6.45, 7) is 3.83. The van der Waals surface area contributed by atoms with Crippen molar-refractivity contribution in [3.63, 3.8) is 0 Å². The highest BCUT2D eigenvalue weighted by atomic mass is 28.5. The first-order chi connectivity index (χ1) is 9.54. The summed E-state index contributed by atoms with van der Waals surface area (Å²) < 4.78 is 90.1. The van der Waals surface area contributed by atoms with Crippen LogP contribution in [0.15, 0.2) is 0 Å². The zero-order valence-corrected chi connectivity index (χ0v) is 15.3. The summed E-state index contributed by atoms with van der Waals surface area (Å²) in [4.78, 5) is 10.0. The first kappa shape index (κ1) is 20.1. The van der Waals surface area contributed by atoms with E-state index < -0.39 is 63.2 Å². The minimum Gasteiger partial charge on any atom is -0.415 e. The molecule has 2 atom stereocenters. The average molecular weight is 388 g/mol. The molecule has 1 fully saturated rings. The molecule has 0 aromatic rings. The Morgan fingerprint density at radius 1 is 0.727 bits per heavy atom. The number of alkyl halides is 6. The molecule has 13 heteroatoms. The third-order valence-corrected chi connectivity index (χ3v) is 15.2. The van der Waals surface area contributed by atoms with Crippen LogP contribution in [0.4, 0.5) is 26.3 Å². The molecule has 1 rings (SSSR count). The van der Waals surface area contributed by atoms with Crippen LogP contribution >= 0.6 is 0 Å². The lowest BCUT2D eigenvalue weighted by molar-refractivity contribution is -0.131. The van der Waals surface area contributed by atoms with Crippen molar-refractivity contribution < 1.29 is 43.5 Å². The highest BCUT2D eigenvalue weighted by molar-refractivity contribution is 6.91. The first-order valence-corrected chi connectivity index (χ1v) is 13.8. The normalized spacial score (nSPS) is 37.4. The molecule has 1 saturated heterocycles. The molecule has 2 unspecified atom stereocenters. The van der Waals surface area contributed by atoms with Crippen LogP contribution in [0.25, 0.3) is 0 Å². The second-order valence-electron chi connectivity index (χ2n) is 5.70. The van der Waals surface area contributed by atoms with Gasteiger partial charge in [-0.2, -0.15) is 26.3 Å². The van der Waals surface area contributed by atoms with Crippen molar-refractivity contribution >= 4 is 25.9 Å². The summed E-state index contributed by atoms with van der Waals surface area (Å²) in [7, 11) is -10.7. The van der Waals surface area contributed by atoms with Crippen LogP contribution in [0, 0.1) is 0 Å². The molecule has 1 N–H and O–H groups in total. The van der Waals surface area contributed by atoms with Gasteiger partial charge in [-0.3, -0.25) is 0 Å². The molecule has 0 aliphatic carbocycles. The van der Waals surface area contributed by atoms with E-state index in [-0.39, 0.29) is 0 Å². The number of rotatable bonds is 4. The van der Waals surface area contributed by atoms with Crippen LogP contribution < -0.4 is 0 Å². The minimum absolute atomic E-state index is 0.488. The van der Waals surface area contributed by atoms with Crippen molar-refractivity contribution in [2.24, 2.45) is 0 Å². The molecule has 1 heterocycles. The van der Waals surface area contributed by atoms with Gasteiger partial charge in [-0.1, -0.05) is 0 Å². The van der Waals surface area contributed by atoms with Gasteiger partial charge in [0.1, 0.15) is 0 Å². The fourth-order valence-electron chi connectivity index (χ4n) is 2.26. The Bertz CT molecular complexity index is 370. The molecule has 0 amide bonds. The van der Waals surface area contributed by atoms with Crippen LogP contribution in [-0.2, 0) is 12.3 Å². The van der Waals surface area contributed by atoms with Crippen LogP contribution in [0.1, 0.15) is 12.8 Å². The Kier molecular flexibility index (Phi) is 5.65. The zero-order chi connectivity index (χ0) is 17.4. The maximum atomic E-state index is 12.4. The predicted molar refractivity (Wildman–Crippen MR) is 71.3 cm³/mol. The van der Waals surface area contributed by atoms with Crippen molar-refractivity contribution in [2.45, 2.75) is 56.9 Å². The molecule has 1 aliphatic heterocycles. The molecular formula is C9H18F6O4Si3. The monoisotopic (exact) mass is 388 g/mol. The van der Waals surface area contributed by atoms with E-state index in [1.165, 1.54) is 19.6 Å².